The van der Waals surface area contributed by atoms with Crippen LogP contribution >= 0.6 is 0 Å². The van der Waals surface area contributed by atoms with Gasteiger partial charge in [-0.25, -0.2) is 0 Å². The molecule has 23 heavy (non-hydrogen) atoms. The largest absolute Gasteiger partial charge is 0.454 e. The van der Waals surface area contributed by atoms with Crippen LogP contribution in [0.5, 0.6) is 11.5 Å². The molecule has 1 N–H and O–H groups in total. The molecule has 0 aliphatic carbocycles. The number of benzene rings is 2. The van der Waals surface area contributed by atoms with Crippen molar-refractivity contribution in [3.8, 4) is 11.5 Å². The number of para-hydroxylation sites is 1. The van der Waals surface area contributed by atoms with Crippen molar-refractivity contribution in [2.75, 3.05) is 30.1 Å². The van der Waals surface area contributed by atoms with Crippen molar-refractivity contribution >= 4 is 17.3 Å². The van der Waals surface area contributed by atoms with E-state index in [0.29, 0.717) is 24.5 Å². The smallest absolute Gasteiger partial charge is 0.231 e. The van der Waals surface area contributed by atoms with Gasteiger partial charge >= 0.3 is 0 Å². The lowest BCUT2D eigenvalue weighted by atomic mass is 10.2. The third kappa shape index (κ3) is 3.74. The molecule has 0 unspecified atom stereocenters. The highest BCUT2D eigenvalue weighted by atomic mass is 16.7. The van der Waals surface area contributed by atoms with Gasteiger partial charge in [0.25, 0.3) is 0 Å². The van der Waals surface area contributed by atoms with E-state index >= 15 is 0 Å². The molecule has 1 amide bonds. The Kier molecular flexibility index (Phi) is 4.66. The van der Waals surface area contributed by atoms with Crippen LogP contribution in [0.4, 0.5) is 11.4 Å². The highest BCUT2D eigenvalue weighted by Gasteiger charge is 2.14. The van der Waals surface area contributed by atoms with Gasteiger partial charge in [-0.1, -0.05) is 18.2 Å². The zero-order valence-electron chi connectivity index (χ0n) is 13.1. The molecule has 1 aliphatic rings. The second kappa shape index (κ2) is 7.05. The van der Waals surface area contributed by atoms with Crippen molar-refractivity contribution in [2.45, 2.75) is 13.3 Å². The Morgan fingerprint density at radius 2 is 1.91 bits per heavy atom. The van der Waals surface area contributed by atoms with E-state index < -0.39 is 0 Å². The molecule has 1 aliphatic heterocycles. The summed E-state index contributed by atoms with van der Waals surface area (Å²) < 4.78 is 10.6. The number of nitrogens with zero attached hydrogens (tertiary/aromatic N) is 1. The quantitative estimate of drug-likeness (QED) is 0.889. The number of carbonyl (C=O) groups excluding carboxylic acids is 1. The fourth-order valence-electron chi connectivity index (χ4n) is 2.54. The van der Waals surface area contributed by atoms with Crippen molar-refractivity contribution in [3.05, 3.63) is 48.5 Å². The fraction of sp³-hybridized carbons (Fsp3) is 0.278. The summed E-state index contributed by atoms with van der Waals surface area (Å²) in [5, 5.41) is 2.90. The third-order valence-corrected chi connectivity index (χ3v) is 3.77. The Hall–Kier alpha value is -2.69. The molecule has 0 atom stereocenters. The maximum absolute atomic E-state index is 12.2. The van der Waals surface area contributed by atoms with Gasteiger partial charge < -0.3 is 19.7 Å². The number of hydrogen-bond acceptors (Lipinski definition) is 4. The van der Waals surface area contributed by atoms with Crippen molar-refractivity contribution in [1.29, 1.82) is 0 Å². The van der Waals surface area contributed by atoms with E-state index in [1.54, 1.807) is 12.1 Å². The Balaban J connectivity index is 1.55. The normalized spacial score (nSPS) is 12.0. The maximum atomic E-state index is 12.2. The average Bonchev–Trinajstić information content (AvgIpc) is 3.04. The molecule has 120 valence electrons. The molecule has 3 rings (SSSR count). The Morgan fingerprint density at radius 3 is 2.70 bits per heavy atom. The molecule has 0 aromatic heterocycles. The van der Waals surface area contributed by atoms with E-state index in [-0.39, 0.29) is 12.7 Å². The van der Waals surface area contributed by atoms with Gasteiger partial charge in [0.2, 0.25) is 12.7 Å². The average molecular weight is 312 g/mol. The minimum absolute atomic E-state index is 0.0155. The summed E-state index contributed by atoms with van der Waals surface area (Å²) in [5.41, 5.74) is 1.85. The minimum atomic E-state index is -0.0155. The van der Waals surface area contributed by atoms with Crippen LogP contribution < -0.4 is 19.7 Å². The molecule has 5 heteroatoms. The number of fused-ring (bicyclic) bond motifs is 1. The highest BCUT2D eigenvalue weighted by molar-refractivity contribution is 5.91. The van der Waals surface area contributed by atoms with Gasteiger partial charge in [0.1, 0.15) is 0 Å². The number of amides is 1. The van der Waals surface area contributed by atoms with Gasteiger partial charge in [-0.2, -0.15) is 0 Å². The molecular weight excluding hydrogens is 292 g/mol. The Labute approximate surface area is 135 Å². The summed E-state index contributed by atoms with van der Waals surface area (Å²) >= 11 is 0. The summed E-state index contributed by atoms with van der Waals surface area (Å²) in [7, 11) is 0. The van der Waals surface area contributed by atoms with E-state index in [1.807, 2.05) is 24.3 Å². The van der Waals surface area contributed by atoms with Crippen LogP contribution in [0.15, 0.2) is 48.5 Å². The van der Waals surface area contributed by atoms with Crippen LogP contribution in [0.1, 0.15) is 13.3 Å². The van der Waals surface area contributed by atoms with Crippen LogP contribution in [0.2, 0.25) is 0 Å². The molecule has 5 nitrogen and oxygen atoms in total. The fourth-order valence-corrected chi connectivity index (χ4v) is 2.54. The first-order valence-electron chi connectivity index (χ1n) is 7.76. The molecule has 0 fully saturated rings. The number of carbonyl (C=O) groups is 1. The van der Waals surface area contributed by atoms with E-state index in [9.17, 15) is 4.79 Å². The zero-order chi connectivity index (χ0) is 16.1. The van der Waals surface area contributed by atoms with Crippen LogP contribution in [0.3, 0.4) is 0 Å². The number of ether oxygens (including phenoxy) is 2. The third-order valence-electron chi connectivity index (χ3n) is 3.77. The summed E-state index contributed by atoms with van der Waals surface area (Å²) in [5.74, 6) is 1.37. The lowest BCUT2D eigenvalue weighted by molar-refractivity contribution is -0.116. The lowest BCUT2D eigenvalue weighted by Crippen LogP contribution is -2.27. The monoisotopic (exact) mass is 312 g/mol. The topological polar surface area (TPSA) is 50.8 Å². The van der Waals surface area contributed by atoms with Gasteiger partial charge in [0.05, 0.1) is 0 Å². The zero-order valence-corrected chi connectivity index (χ0v) is 13.1. The number of rotatable bonds is 6. The predicted octanol–water partition coefficient (Wildman–Crippen LogP) is 3.27. The minimum Gasteiger partial charge on any atom is -0.454 e. The molecule has 0 radical (unpaired) electrons. The van der Waals surface area contributed by atoms with Crippen LogP contribution in [0, 0.1) is 0 Å². The molecular formula is C18H20N2O3. The molecule has 0 saturated heterocycles. The van der Waals surface area contributed by atoms with Crippen LogP contribution in [-0.4, -0.2) is 25.8 Å². The van der Waals surface area contributed by atoms with Gasteiger partial charge in [-0.3, -0.25) is 4.79 Å². The number of nitrogens with one attached hydrogen (secondary N) is 1. The van der Waals surface area contributed by atoms with Crippen molar-refractivity contribution in [3.63, 3.8) is 0 Å². The van der Waals surface area contributed by atoms with Gasteiger partial charge in [0.15, 0.2) is 11.5 Å². The van der Waals surface area contributed by atoms with E-state index in [1.165, 1.54) is 0 Å². The second-order valence-corrected chi connectivity index (χ2v) is 5.28. The molecule has 1 heterocycles. The molecule has 2 aromatic rings. The van der Waals surface area contributed by atoms with Gasteiger partial charge in [0, 0.05) is 37.0 Å². The summed E-state index contributed by atoms with van der Waals surface area (Å²) in [4.78, 5) is 14.3. The molecule has 0 bridgehead atoms. The number of hydrogen-bond donors (Lipinski definition) is 1. The molecule has 2 aromatic carbocycles. The van der Waals surface area contributed by atoms with E-state index in [2.05, 4.69) is 29.3 Å². The number of anilines is 2. The van der Waals surface area contributed by atoms with E-state index in [4.69, 9.17) is 9.47 Å². The van der Waals surface area contributed by atoms with E-state index in [0.717, 1.165) is 17.9 Å². The van der Waals surface area contributed by atoms with Gasteiger partial charge in [-0.15, -0.1) is 0 Å². The van der Waals surface area contributed by atoms with Crippen LogP contribution in [-0.2, 0) is 4.79 Å². The standard InChI is InChI=1S/C18H20N2O3/c1-2-20(15-6-4-3-5-7-15)11-10-18(21)19-14-8-9-16-17(12-14)23-13-22-16/h3-9,12H,2,10-11,13H2,1H3,(H,19,21). The first-order chi connectivity index (χ1) is 11.3. The first kappa shape index (κ1) is 15.2. The lowest BCUT2D eigenvalue weighted by Gasteiger charge is -2.22. The van der Waals surface area contributed by atoms with Crippen molar-refractivity contribution in [2.24, 2.45) is 0 Å². The first-order valence-corrected chi connectivity index (χ1v) is 7.76. The summed E-state index contributed by atoms with van der Waals surface area (Å²) in [6.45, 7) is 3.86. The van der Waals surface area contributed by atoms with Crippen molar-refractivity contribution < 1.29 is 14.3 Å². The summed E-state index contributed by atoms with van der Waals surface area (Å²) in [6.07, 6.45) is 0.428. The maximum Gasteiger partial charge on any atom is 0.231 e. The molecule has 0 spiro atoms. The SMILES string of the molecule is CCN(CCC(=O)Nc1ccc2c(c1)OCO2)c1ccccc1. The van der Waals surface area contributed by atoms with Crippen molar-refractivity contribution in [1.82, 2.24) is 0 Å². The second-order valence-electron chi connectivity index (χ2n) is 5.28. The predicted molar refractivity (Wildman–Crippen MR) is 90.1 cm³/mol. The Morgan fingerprint density at radius 1 is 1.13 bits per heavy atom. The molecule has 0 saturated carbocycles. The van der Waals surface area contributed by atoms with Crippen LogP contribution in [0.25, 0.3) is 0 Å². The summed E-state index contributed by atoms with van der Waals surface area (Å²) in [6, 6.07) is 15.5. The Bertz CT molecular complexity index is 673. The van der Waals surface area contributed by atoms with Gasteiger partial charge in [-0.05, 0) is 31.2 Å². The highest BCUT2D eigenvalue weighted by Crippen LogP contribution is 2.34.